The second-order valence-corrected chi connectivity index (χ2v) is 8.63. The van der Waals surface area contributed by atoms with Crippen molar-refractivity contribution in [2.75, 3.05) is 19.0 Å². The maximum atomic E-state index is 12.3. The van der Waals surface area contributed by atoms with E-state index in [1.807, 2.05) is 30.3 Å². The molecule has 7 nitrogen and oxygen atoms in total. The molecule has 27 heavy (non-hydrogen) atoms. The van der Waals surface area contributed by atoms with Gasteiger partial charge in [-0.25, -0.2) is 13.2 Å². The summed E-state index contributed by atoms with van der Waals surface area (Å²) in [7, 11) is -3.33. The van der Waals surface area contributed by atoms with Gasteiger partial charge >= 0.3 is 6.09 Å². The first-order chi connectivity index (χ1) is 13.0. The SMILES string of the molecule is CCS(=O)(=O)c1ccc(C2(NC(=O)OCc3ccccc3)CCOC2)nc1. The van der Waals surface area contributed by atoms with E-state index in [1.54, 1.807) is 13.0 Å². The van der Waals surface area contributed by atoms with Crippen LogP contribution in [0.5, 0.6) is 0 Å². The van der Waals surface area contributed by atoms with Gasteiger partial charge in [-0.2, -0.15) is 0 Å². The molecule has 1 atom stereocenters. The number of carbonyl (C=O) groups excluding carboxylic acids is 1. The molecule has 3 rings (SSSR count). The zero-order chi connectivity index (χ0) is 19.3. The number of nitrogens with one attached hydrogen (secondary N) is 1. The van der Waals surface area contributed by atoms with Crippen molar-refractivity contribution in [1.29, 1.82) is 0 Å². The molecule has 8 heteroatoms. The van der Waals surface area contributed by atoms with Crippen molar-refractivity contribution in [1.82, 2.24) is 10.3 Å². The fourth-order valence-electron chi connectivity index (χ4n) is 2.90. The molecule has 1 amide bonds. The highest BCUT2D eigenvalue weighted by Gasteiger charge is 2.40. The molecule has 1 aromatic heterocycles. The van der Waals surface area contributed by atoms with E-state index in [2.05, 4.69) is 10.3 Å². The second kappa shape index (κ2) is 8.06. The van der Waals surface area contributed by atoms with Crippen LogP contribution in [0.4, 0.5) is 4.79 Å². The lowest BCUT2D eigenvalue weighted by atomic mass is 9.94. The summed E-state index contributed by atoms with van der Waals surface area (Å²) < 4.78 is 34.7. The van der Waals surface area contributed by atoms with Crippen LogP contribution in [0.2, 0.25) is 0 Å². The van der Waals surface area contributed by atoms with Gasteiger partial charge in [0, 0.05) is 19.2 Å². The van der Waals surface area contributed by atoms with Crippen LogP contribution < -0.4 is 5.32 Å². The molecular formula is C19H22N2O5S. The zero-order valence-corrected chi connectivity index (χ0v) is 15.9. The Morgan fingerprint density at radius 1 is 1.26 bits per heavy atom. The van der Waals surface area contributed by atoms with Gasteiger partial charge in [0.2, 0.25) is 0 Å². The first-order valence-corrected chi connectivity index (χ1v) is 10.4. The average molecular weight is 390 g/mol. The second-order valence-electron chi connectivity index (χ2n) is 6.35. The van der Waals surface area contributed by atoms with Gasteiger partial charge in [0.05, 0.1) is 22.9 Å². The van der Waals surface area contributed by atoms with E-state index in [4.69, 9.17) is 9.47 Å². The number of carbonyl (C=O) groups is 1. The van der Waals surface area contributed by atoms with Crippen molar-refractivity contribution < 1.29 is 22.7 Å². The third-order valence-corrected chi connectivity index (χ3v) is 6.26. The molecule has 0 saturated carbocycles. The summed E-state index contributed by atoms with van der Waals surface area (Å²) in [5.41, 5.74) is 0.603. The molecule has 1 unspecified atom stereocenters. The van der Waals surface area contributed by atoms with Crippen LogP contribution in [0, 0.1) is 0 Å². The van der Waals surface area contributed by atoms with Crippen molar-refractivity contribution in [2.24, 2.45) is 0 Å². The highest BCUT2D eigenvalue weighted by Crippen LogP contribution is 2.30. The summed E-state index contributed by atoms with van der Waals surface area (Å²) in [5.74, 6) is 0.00629. The number of ether oxygens (including phenoxy) is 2. The van der Waals surface area contributed by atoms with E-state index >= 15 is 0 Å². The summed E-state index contributed by atoms with van der Waals surface area (Å²) in [6, 6.07) is 12.5. The van der Waals surface area contributed by atoms with Crippen LogP contribution in [0.3, 0.4) is 0 Å². The number of sulfone groups is 1. The summed E-state index contributed by atoms with van der Waals surface area (Å²) in [5, 5.41) is 2.85. The molecule has 2 aromatic rings. The minimum atomic E-state index is -3.33. The minimum Gasteiger partial charge on any atom is -0.445 e. The number of hydrogen-bond acceptors (Lipinski definition) is 6. The van der Waals surface area contributed by atoms with Gasteiger partial charge in [0.1, 0.15) is 12.1 Å². The maximum absolute atomic E-state index is 12.3. The molecule has 144 valence electrons. The first-order valence-electron chi connectivity index (χ1n) is 8.71. The number of pyridine rings is 1. The van der Waals surface area contributed by atoms with Crippen molar-refractivity contribution in [3.63, 3.8) is 0 Å². The minimum absolute atomic E-state index is 0.00629. The molecule has 0 radical (unpaired) electrons. The normalized spacial score (nSPS) is 19.6. The molecule has 1 aliphatic rings. The number of amides is 1. The van der Waals surface area contributed by atoms with Crippen molar-refractivity contribution in [3.05, 3.63) is 59.9 Å². The predicted molar refractivity (Wildman–Crippen MR) is 98.8 cm³/mol. The molecule has 1 N–H and O–H groups in total. The summed E-state index contributed by atoms with van der Waals surface area (Å²) in [6.45, 7) is 2.46. The number of rotatable bonds is 6. The molecule has 1 aromatic carbocycles. The number of hydrogen-bond donors (Lipinski definition) is 1. The quantitative estimate of drug-likeness (QED) is 0.814. The van der Waals surface area contributed by atoms with Crippen LogP contribution in [0.25, 0.3) is 0 Å². The van der Waals surface area contributed by atoms with Gasteiger partial charge in [-0.1, -0.05) is 37.3 Å². The Labute approximate surface area is 158 Å². The first kappa shape index (κ1) is 19.3. The van der Waals surface area contributed by atoms with Crippen LogP contribution >= 0.6 is 0 Å². The number of benzene rings is 1. The molecule has 0 bridgehead atoms. The van der Waals surface area contributed by atoms with E-state index in [0.29, 0.717) is 18.7 Å². The fourth-order valence-corrected chi connectivity index (χ4v) is 3.72. The third-order valence-electron chi connectivity index (χ3n) is 4.54. The lowest BCUT2D eigenvalue weighted by Gasteiger charge is -2.27. The molecule has 1 fully saturated rings. The standard InChI is InChI=1S/C19H22N2O5S/c1-2-27(23,24)16-8-9-17(20-12-16)19(10-11-25-14-19)21-18(22)26-13-15-6-4-3-5-7-15/h3-9,12H,2,10-11,13-14H2,1H3,(H,21,22). The highest BCUT2D eigenvalue weighted by atomic mass is 32.2. The monoisotopic (exact) mass is 390 g/mol. The Hall–Kier alpha value is -2.45. The third kappa shape index (κ3) is 4.45. The van der Waals surface area contributed by atoms with Gasteiger partial charge in [0.25, 0.3) is 0 Å². The lowest BCUT2D eigenvalue weighted by Crippen LogP contribution is -2.47. The molecule has 0 aliphatic carbocycles. The van der Waals surface area contributed by atoms with Crippen LogP contribution in [-0.2, 0) is 31.5 Å². The van der Waals surface area contributed by atoms with Gasteiger partial charge in [-0.3, -0.25) is 4.98 Å². The number of alkyl carbamates (subject to hydrolysis) is 1. The summed E-state index contributed by atoms with van der Waals surface area (Å²) in [6.07, 6.45) is 1.28. The lowest BCUT2D eigenvalue weighted by molar-refractivity contribution is 0.116. The molecule has 1 aliphatic heterocycles. The van der Waals surface area contributed by atoms with Gasteiger partial charge in [-0.15, -0.1) is 0 Å². The Morgan fingerprint density at radius 2 is 2.04 bits per heavy atom. The Morgan fingerprint density at radius 3 is 2.63 bits per heavy atom. The largest absolute Gasteiger partial charge is 0.445 e. The maximum Gasteiger partial charge on any atom is 0.408 e. The molecular weight excluding hydrogens is 368 g/mol. The number of aromatic nitrogens is 1. The Bertz CT molecular complexity index is 876. The van der Waals surface area contributed by atoms with E-state index in [9.17, 15) is 13.2 Å². The zero-order valence-electron chi connectivity index (χ0n) is 15.1. The Balaban J connectivity index is 1.73. The van der Waals surface area contributed by atoms with E-state index < -0.39 is 21.5 Å². The van der Waals surface area contributed by atoms with E-state index in [1.165, 1.54) is 12.3 Å². The van der Waals surface area contributed by atoms with Crippen LogP contribution in [0.1, 0.15) is 24.6 Å². The van der Waals surface area contributed by atoms with Crippen molar-refractivity contribution in [3.8, 4) is 0 Å². The van der Waals surface area contributed by atoms with Crippen LogP contribution in [0.15, 0.2) is 53.6 Å². The smallest absolute Gasteiger partial charge is 0.408 e. The Kier molecular flexibility index (Phi) is 5.76. The van der Waals surface area contributed by atoms with Gasteiger partial charge in [0.15, 0.2) is 9.84 Å². The summed E-state index contributed by atoms with van der Waals surface area (Å²) >= 11 is 0. The van der Waals surface area contributed by atoms with Crippen LogP contribution in [-0.4, -0.2) is 38.5 Å². The molecule has 2 heterocycles. The number of nitrogens with zero attached hydrogens (tertiary/aromatic N) is 1. The molecule has 1 saturated heterocycles. The molecule has 0 spiro atoms. The van der Waals surface area contributed by atoms with Gasteiger partial charge in [-0.05, 0) is 17.7 Å². The predicted octanol–water partition coefficient (Wildman–Crippen LogP) is 2.42. The van der Waals surface area contributed by atoms with E-state index in [-0.39, 0.29) is 23.9 Å². The average Bonchev–Trinajstić information content (AvgIpc) is 3.17. The van der Waals surface area contributed by atoms with Crippen molar-refractivity contribution >= 4 is 15.9 Å². The fraction of sp³-hybridized carbons (Fsp3) is 0.368. The highest BCUT2D eigenvalue weighted by molar-refractivity contribution is 7.91. The van der Waals surface area contributed by atoms with E-state index in [0.717, 1.165) is 5.56 Å². The van der Waals surface area contributed by atoms with Gasteiger partial charge < -0.3 is 14.8 Å². The topological polar surface area (TPSA) is 94.6 Å². The summed E-state index contributed by atoms with van der Waals surface area (Å²) in [4.78, 5) is 16.8. The van der Waals surface area contributed by atoms with Crippen molar-refractivity contribution in [2.45, 2.75) is 30.4 Å².